The van der Waals surface area contributed by atoms with Crippen LogP contribution in [0.2, 0.25) is 0 Å². The Labute approximate surface area is 107 Å². The molecule has 0 aromatic rings. The Kier molecular flexibility index (Phi) is 6.45. The van der Waals surface area contributed by atoms with Gasteiger partial charge in [0.1, 0.15) is 0 Å². The van der Waals surface area contributed by atoms with Crippen LogP contribution >= 0.6 is 0 Å². The van der Waals surface area contributed by atoms with Gasteiger partial charge in [-0.25, -0.2) is 0 Å². The molecule has 0 aliphatic carbocycles. The molecule has 102 valence electrons. The molecule has 1 aliphatic rings. The molecule has 2 atom stereocenters. The molecule has 2 unspecified atom stereocenters. The van der Waals surface area contributed by atoms with Crippen molar-refractivity contribution in [2.24, 2.45) is 17.6 Å². The highest BCUT2D eigenvalue weighted by Crippen LogP contribution is 2.16. The van der Waals surface area contributed by atoms with Crippen molar-refractivity contribution in [1.82, 2.24) is 9.80 Å². The van der Waals surface area contributed by atoms with Crippen molar-refractivity contribution >= 4 is 0 Å². The van der Waals surface area contributed by atoms with Gasteiger partial charge in [-0.3, -0.25) is 0 Å². The summed E-state index contributed by atoms with van der Waals surface area (Å²) in [7, 11) is 2.23. The molecular weight excluding hydrogens is 210 g/mol. The van der Waals surface area contributed by atoms with Crippen LogP contribution in [0.1, 0.15) is 33.6 Å². The molecule has 0 saturated carbocycles. The molecule has 1 fully saturated rings. The topological polar surface area (TPSA) is 32.5 Å². The van der Waals surface area contributed by atoms with Gasteiger partial charge in [0.25, 0.3) is 0 Å². The van der Waals surface area contributed by atoms with E-state index in [4.69, 9.17) is 5.73 Å². The summed E-state index contributed by atoms with van der Waals surface area (Å²) in [6.45, 7) is 12.6. The summed E-state index contributed by atoms with van der Waals surface area (Å²) in [5, 5.41) is 0. The summed E-state index contributed by atoms with van der Waals surface area (Å²) >= 11 is 0. The van der Waals surface area contributed by atoms with Crippen LogP contribution in [0, 0.1) is 11.8 Å². The van der Waals surface area contributed by atoms with Gasteiger partial charge in [0, 0.05) is 25.7 Å². The normalized spacial score (nSPS) is 25.4. The maximum absolute atomic E-state index is 5.86. The lowest BCUT2D eigenvalue weighted by Crippen LogP contribution is -2.50. The Morgan fingerprint density at radius 1 is 1.29 bits per heavy atom. The molecule has 0 aromatic heterocycles. The standard InChI is InChI=1S/C14H31N3/c1-12(2)9-14(10-15)5-6-17-8-7-16(4)13(3)11-17/h12-14H,5-11,15H2,1-4H3. The SMILES string of the molecule is CC(C)CC(CN)CCN1CCN(C)C(C)C1. The highest BCUT2D eigenvalue weighted by Gasteiger charge is 2.21. The predicted molar refractivity (Wildman–Crippen MR) is 75.1 cm³/mol. The van der Waals surface area contributed by atoms with Crippen LogP contribution in [0.5, 0.6) is 0 Å². The molecule has 0 bridgehead atoms. The van der Waals surface area contributed by atoms with Crippen LogP contribution in [0.15, 0.2) is 0 Å². The zero-order chi connectivity index (χ0) is 12.8. The second-order valence-corrected chi connectivity index (χ2v) is 6.15. The Hall–Kier alpha value is -0.120. The Balaban J connectivity index is 2.25. The third-order valence-electron chi connectivity index (χ3n) is 4.04. The van der Waals surface area contributed by atoms with Crippen LogP contribution < -0.4 is 5.73 Å². The van der Waals surface area contributed by atoms with Crippen molar-refractivity contribution in [2.75, 3.05) is 39.8 Å². The lowest BCUT2D eigenvalue weighted by Gasteiger charge is -2.38. The number of nitrogens with zero attached hydrogens (tertiary/aromatic N) is 2. The average molecular weight is 241 g/mol. The largest absolute Gasteiger partial charge is 0.330 e. The molecule has 3 nitrogen and oxygen atoms in total. The number of hydrogen-bond donors (Lipinski definition) is 1. The summed E-state index contributed by atoms with van der Waals surface area (Å²) < 4.78 is 0. The summed E-state index contributed by atoms with van der Waals surface area (Å²) in [6, 6.07) is 0.699. The molecule has 2 N–H and O–H groups in total. The molecule has 1 rings (SSSR count). The maximum atomic E-state index is 5.86. The fraction of sp³-hybridized carbons (Fsp3) is 1.00. The molecule has 0 radical (unpaired) electrons. The third-order valence-corrected chi connectivity index (χ3v) is 4.04. The van der Waals surface area contributed by atoms with Crippen LogP contribution in [0.25, 0.3) is 0 Å². The first-order valence-corrected chi connectivity index (χ1v) is 7.15. The second-order valence-electron chi connectivity index (χ2n) is 6.15. The van der Waals surface area contributed by atoms with Crippen molar-refractivity contribution in [3.05, 3.63) is 0 Å². The number of likely N-dealkylation sites (N-methyl/N-ethyl adjacent to an activating group) is 1. The van der Waals surface area contributed by atoms with E-state index in [0.717, 1.165) is 12.5 Å². The molecule has 1 saturated heterocycles. The lowest BCUT2D eigenvalue weighted by atomic mass is 9.94. The van der Waals surface area contributed by atoms with Crippen LogP contribution in [-0.2, 0) is 0 Å². The van der Waals surface area contributed by atoms with E-state index in [1.807, 2.05) is 0 Å². The zero-order valence-corrected chi connectivity index (χ0v) is 12.2. The number of piperazine rings is 1. The monoisotopic (exact) mass is 241 g/mol. The molecule has 0 spiro atoms. The summed E-state index contributed by atoms with van der Waals surface area (Å²) in [6.07, 6.45) is 2.55. The van der Waals surface area contributed by atoms with Gasteiger partial charge in [-0.15, -0.1) is 0 Å². The molecule has 0 aromatic carbocycles. The third kappa shape index (κ3) is 5.36. The maximum Gasteiger partial charge on any atom is 0.0192 e. The minimum Gasteiger partial charge on any atom is -0.330 e. The number of hydrogen-bond acceptors (Lipinski definition) is 3. The van der Waals surface area contributed by atoms with Gasteiger partial charge in [0.15, 0.2) is 0 Å². The molecule has 1 heterocycles. The van der Waals surface area contributed by atoms with Gasteiger partial charge in [0.05, 0.1) is 0 Å². The van der Waals surface area contributed by atoms with E-state index in [2.05, 4.69) is 37.6 Å². The highest BCUT2D eigenvalue weighted by atomic mass is 15.3. The number of nitrogens with two attached hydrogens (primary N) is 1. The minimum atomic E-state index is 0.699. The van der Waals surface area contributed by atoms with Crippen LogP contribution in [-0.4, -0.2) is 55.6 Å². The number of rotatable bonds is 6. The zero-order valence-electron chi connectivity index (χ0n) is 12.2. The van der Waals surface area contributed by atoms with Crippen molar-refractivity contribution in [2.45, 2.75) is 39.7 Å². The summed E-state index contributed by atoms with van der Waals surface area (Å²) in [4.78, 5) is 5.05. The fourth-order valence-electron chi connectivity index (χ4n) is 2.69. The highest BCUT2D eigenvalue weighted by molar-refractivity contribution is 4.77. The Morgan fingerprint density at radius 3 is 2.53 bits per heavy atom. The molecular formula is C14H31N3. The van der Waals surface area contributed by atoms with E-state index in [-0.39, 0.29) is 0 Å². The van der Waals surface area contributed by atoms with Crippen LogP contribution in [0.3, 0.4) is 0 Å². The Bertz CT molecular complexity index is 206. The Morgan fingerprint density at radius 2 is 2.00 bits per heavy atom. The average Bonchev–Trinajstić information content (AvgIpc) is 2.28. The van der Waals surface area contributed by atoms with Crippen molar-refractivity contribution < 1.29 is 0 Å². The quantitative estimate of drug-likeness (QED) is 0.767. The summed E-state index contributed by atoms with van der Waals surface area (Å²) in [5.74, 6) is 1.49. The van der Waals surface area contributed by atoms with E-state index < -0.39 is 0 Å². The van der Waals surface area contributed by atoms with Gasteiger partial charge in [0.2, 0.25) is 0 Å². The molecule has 3 heteroatoms. The van der Waals surface area contributed by atoms with Crippen molar-refractivity contribution in [3.63, 3.8) is 0 Å². The van der Waals surface area contributed by atoms with Gasteiger partial charge in [-0.05, 0) is 51.7 Å². The molecule has 0 amide bonds. The fourth-order valence-corrected chi connectivity index (χ4v) is 2.69. The van der Waals surface area contributed by atoms with Crippen molar-refractivity contribution in [1.29, 1.82) is 0 Å². The van der Waals surface area contributed by atoms with Crippen molar-refractivity contribution in [3.8, 4) is 0 Å². The van der Waals surface area contributed by atoms with Gasteiger partial charge < -0.3 is 15.5 Å². The predicted octanol–water partition coefficient (Wildman–Crippen LogP) is 1.63. The minimum absolute atomic E-state index is 0.699. The van der Waals surface area contributed by atoms with E-state index in [9.17, 15) is 0 Å². The molecule has 17 heavy (non-hydrogen) atoms. The summed E-state index contributed by atoms with van der Waals surface area (Å²) in [5.41, 5.74) is 5.86. The van der Waals surface area contributed by atoms with Gasteiger partial charge in [-0.2, -0.15) is 0 Å². The first-order valence-electron chi connectivity index (χ1n) is 7.15. The van der Waals surface area contributed by atoms with E-state index in [1.54, 1.807) is 0 Å². The molecule has 1 aliphatic heterocycles. The second kappa shape index (κ2) is 7.34. The first kappa shape index (κ1) is 14.9. The first-order chi connectivity index (χ1) is 8.02. The van der Waals surface area contributed by atoms with E-state index in [0.29, 0.717) is 12.0 Å². The lowest BCUT2D eigenvalue weighted by molar-refractivity contribution is 0.0995. The van der Waals surface area contributed by atoms with Crippen LogP contribution in [0.4, 0.5) is 0 Å². The van der Waals surface area contributed by atoms with Gasteiger partial charge >= 0.3 is 0 Å². The van der Waals surface area contributed by atoms with Gasteiger partial charge in [-0.1, -0.05) is 13.8 Å². The van der Waals surface area contributed by atoms with E-state index in [1.165, 1.54) is 39.0 Å². The smallest absolute Gasteiger partial charge is 0.0192 e. The van der Waals surface area contributed by atoms with E-state index >= 15 is 0 Å².